The zero-order valence-electron chi connectivity index (χ0n) is 65.0. The van der Waals surface area contributed by atoms with Crippen LogP contribution in [-0.2, 0) is 68.6 Å². The maximum atomic E-state index is 16.5. The van der Waals surface area contributed by atoms with Crippen molar-refractivity contribution in [3.05, 3.63) is 152 Å². The number of benzene rings is 6. The van der Waals surface area contributed by atoms with Crippen molar-refractivity contribution >= 4 is 82.1 Å². The summed E-state index contributed by atoms with van der Waals surface area (Å²) in [5.41, 5.74) is 7.74. The monoisotopic (exact) mass is 1710 g/mol. The normalized spacial score (nSPS) is 30.7. The minimum absolute atomic E-state index is 0.116. The second kappa shape index (κ2) is 36.2. The van der Waals surface area contributed by atoms with E-state index in [2.05, 4.69) is 42.5 Å². The van der Waals surface area contributed by atoms with E-state index in [0.29, 0.717) is 5.02 Å². The van der Waals surface area contributed by atoms with Gasteiger partial charge in [0, 0.05) is 58.2 Å². The summed E-state index contributed by atoms with van der Waals surface area (Å²) in [6, 6.07) is 6.47. The van der Waals surface area contributed by atoms with Crippen molar-refractivity contribution in [2.45, 2.75) is 207 Å². The molecule has 8 aliphatic rings. The number of aliphatic hydroxyl groups is 6. The number of aliphatic carboxylic acids is 1. The van der Waals surface area contributed by atoms with Crippen LogP contribution in [0.1, 0.15) is 131 Å². The average molecular weight is 1720 g/mol. The predicted octanol–water partition coefficient (Wildman–Crippen LogP) is 2.83. The van der Waals surface area contributed by atoms with Crippen molar-refractivity contribution in [3.8, 4) is 57.1 Å². The van der Waals surface area contributed by atoms with E-state index in [-0.39, 0.29) is 59.2 Å². The number of carbonyl (C=O) groups is 8. The number of phenols is 3. The number of halogens is 3. The molecule has 0 aromatic heterocycles. The molecule has 0 unspecified atom stereocenters. The summed E-state index contributed by atoms with van der Waals surface area (Å²) in [6.07, 6.45) is -22.8. The van der Waals surface area contributed by atoms with Crippen LogP contribution in [-0.4, -0.2) is 215 Å². The van der Waals surface area contributed by atoms with Crippen molar-refractivity contribution in [1.82, 2.24) is 42.5 Å². The number of aromatic hydroxyl groups is 3. The maximum absolute atomic E-state index is 16.5. The molecule has 39 heteroatoms. The fourth-order valence-electron chi connectivity index (χ4n) is 15.3. The maximum Gasteiger partial charge on any atom is 0.330 e. The van der Waals surface area contributed by atoms with Crippen LogP contribution in [0.4, 0.5) is 0 Å². The van der Waals surface area contributed by atoms with Crippen LogP contribution in [0.2, 0.25) is 15.1 Å². The number of aliphatic hydroxyl groups excluding tert-OH is 6. The lowest BCUT2D eigenvalue weighted by Crippen LogP contribution is -2.65. The molecule has 8 heterocycles. The first-order valence-electron chi connectivity index (χ1n) is 38.0. The molecular formula is C80H93Cl3N10O26. The summed E-state index contributed by atoms with van der Waals surface area (Å²) in [4.78, 5) is 120. The highest BCUT2D eigenvalue weighted by molar-refractivity contribution is 6.32. The summed E-state index contributed by atoms with van der Waals surface area (Å²) in [5.74, 6) is -16.1. The van der Waals surface area contributed by atoms with Gasteiger partial charge >= 0.3 is 5.97 Å². The molecule has 0 radical (unpaired) electrons. The van der Waals surface area contributed by atoms with Gasteiger partial charge in [0.25, 0.3) is 0 Å². The summed E-state index contributed by atoms with van der Waals surface area (Å²) >= 11 is 20.8. The zero-order valence-corrected chi connectivity index (χ0v) is 67.2. The average Bonchev–Trinajstić information content (AvgIpc) is 0.763. The van der Waals surface area contributed by atoms with E-state index in [4.69, 9.17) is 84.2 Å². The van der Waals surface area contributed by atoms with Crippen LogP contribution in [0.3, 0.4) is 0 Å². The minimum atomic E-state index is -2.39. The molecule has 6 aromatic carbocycles. The molecule has 22 atom stereocenters. The third-order valence-electron chi connectivity index (χ3n) is 21.7. The highest BCUT2D eigenvalue weighted by Gasteiger charge is 2.53. The molecule has 640 valence electrons. The number of carboxylic acids is 1. The van der Waals surface area contributed by atoms with Gasteiger partial charge in [-0.05, 0) is 142 Å². The van der Waals surface area contributed by atoms with Gasteiger partial charge in [0.05, 0.1) is 53.5 Å². The highest BCUT2D eigenvalue weighted by atomic mass is 35.5. The Morgan fingerprint density at radius 2 is 1.26 bits per heavy atom. The molecule has 0 aliphatic carbocycles. The third kappa shape index (κ3) is 19.3. The molecule has 11 bridgehead atoms. The molecule has 22 N–H and O–H groups in total. The van der Waals surface area contributed by atoms with Crippen molar-refractivity contribution < 1.29 is 127 Å². The van der Waals surface area contributed by atoms with E-state index in [1.807, 2.05) is 13.8 Å². The Morgan fingerprint density at radius 3 is 1.87 bits per heavy atom. The van der Waals surface area contributed by atoms with E-state index in [1.54, 1.807) is 38.1 Å². The van der Waals surface area contributed by atoms with Gasteiger partial charge in [-0.15, -0.1) is 0 Å². The number of ether oxygens (including phenoxy) is 8. The Kier molecular flexibility index (Phi) is 26.9. The van der Waals surface area contributed by atoms with Crippen LogP contribution >= 0.6 is 34.8 Å². The molecule has 0 saturated carbocycles. The highest BCUT2D eigenvalue weighted by Crippen LogP contribution is 2.51. The number of nitrogens with one attached hydrogen (secondary N) is 8. The predicted molar refractivity (Wildman–Crippen MR) is 420 cm³/mol. The Hall–Kier alpha value is -9.81. The number of fused-ring (bicyclic) bond motifs is 15. The molecule has 3 saturated heterocycles. The number of nitrogens with two attached hydrogens (primary N) is 2. The van der Waals surface area contributed by atoms with E-state index >= 15 is 24.0 Å². The van der Waals surface area contributed by atoms with Crippen LogP contribution in [0.5, 0.6) is 46.0 Å². The lowest BCUT2D eigenvalue weighted by molar-refractivity contribution is -0.334. The second-order valence-electron chi connectivity index (χ2n) is 31.1. The van der Waals surface area contributed by atoms with Gasteiger partial charge in [-0.3, -0.25) is 33.6 Å². The van der Waals surface area contributed by atoms with E-state index in [9.17, 15) is 65.4 Å². The molecule has 3 fully saturated rings. The summed E-state index contributed by atoms with van der Waals surface area (Å²) in [5, 5.41) is 137. The largest absolute Gasteiger partial charge is 0.508 e. The molecule has 36 nitrogen and oxygen atoms in total. The topological polar surface area (TPSA) is 561 Å². The molecule has 14 rings (SSSR count). The number of carbonyl (C=O) groups excluding carboxylic acids is 7. The standard InChI is InChI=1S/C80H93Cl3N10O26/c1-31(2)18-45(86-7)71(104)92-61-63(99)36-11-16-49(43(82)20-36)114-51-22-38-23-52(67(51)119-78-68(65(101)64(100)53(30-94)116-78)118-56-28-80(6,70(103)33(4)113-56)87-29-34-8-13-39(81)14-9-34)115-50-17-12-37(21-44(50)83)66(117-55-27-79(5,85)69(102)32(3)112-55)62-76(109)91-60(77(110)111)42-24-40(95)25-48(97)57(42)41-19-35(10-15-47(41)96)58(73(106)93-62)90-74(107)59(38)89-72(105)46(26-54(84)98)88-75(61)108/h8-17,19-25,31-33,45-46,53,55-56,58-66,68-70,78,86-87,94-97,99-103H,18,26-30,85H2,1-7H3,(H2,84,98)(H,88,108)(H,89,105)(H,90,107)(H,91,109)(H,92,104)(H,93,106)(H,110,111)/t32-,33-,45+,46-,53+,55-,56-,58+,59+,60-,61+,62-,63+,64+,65-,66+,68+,69-,70-,78-,79-,80-/m0/s1. The number of amides is 7. The summed E-state index contributed by atoms with van der Waals surface area (Å²) in [6.45, 7) is 9.02. The van der Waals surface area contributed by atoms with Gasteiger partial charge in [0.2, 0.25) is 53.4 Å². The molecular weight excluding hydrogens is 1620 g/mol. The van der Waals surface area contributed by atoms with Gasteiger partial charge < -0.3 is 143 Å². The number of phenolic OH excluding ortho intramolecular Hbond substituents is 3. The Bertz CT molecular complexity index is 4860. The molecule has 6 aromatic rings. The smallest absolute Gasteiger partial charge is 0.330 e. The quantitative estimate of drug-likeness (QED) is 0.0588. The van der Waals surface area contributed by atoms with Gasteiger partial charge in [0.15, 0.2) is 36.2 Å². The number of primary amides is 1. The van der Waals surface area contributed by atoms with Crippen LogP contribution in [0.15, 0.2) is 103 Å². The second-order valence-corrected chi connectivity index (χ2v) is 32.4. The Balaban J connectivity index is 1.10. The van der Waals surface area contributed by atoms with E-state index < -0.39 is 261 Å². The number of rotatable bonds is 18. The Labute approximate surface area is 695 Å². The molecule has 7 amide bonds. The van der Waals surface area contributed by atoms with E-state index in [1.165, 1.54) is 51.2 Å². The van der Waals surface area contributed by atoms with Gasteiger partial charge in [-0.2, -0.15) is 0 Å². The van der Waals surface area contributed by atoms with Crippen molar-refractivity contribution in [2.24, 2.45) is 17.4 Å². The number of carboxylic acid groups (broad SMARTS) is 1. The number of likely N-dealkylation sites (N-methyl/N-ethyl adjacent to an activating group) is 1. The third-order valence-corrected chi connectivity index (χ3v) is 22.6. The first kappa shape index (κ1) is 88.5. The van der Waals surface area contributed by atoms with Crippen molar-refractivity contribution in [2.75, 3.05) is 13.7 Å². The fourth-order valence-corrected chi connectivity index (χ4v) is 15.9. The van der Waals surface area contributed by atoms with Gasteiger partial charge in [-0.1, -0.05) is 79.0 Å². The van der Waals surface area contributed by atoms with Gasteiger partial charge in [0.1, 0.15) is 89.5 Å². The van der Waals surface area contributed by atoms with Crippen molar-refractivity contribution in [1.29, 1.82) is 0 Å². The number of hydrogen-bond acceptors (Lipinski definition) is 28. The van der Waals surface area contributed by atoms with Crippen LogP contribution in [0, 0.1) is 5.92 Å². The molecule has 119 heavy (non-hydrogen) atoms. The zero-order chi connectivity index (χ0) is 86.3. The van der Waals surface area contributed by atoms with Crippen LogP contribution < -0.4 is 68.2 Å². The SMILES string of the molecule is CN[C@H](CC(C)C)C(=O)N[C@H]1C(=O)N[C@@H](CC(N)=O)C(=O)N[C@H]2C(=O)N[C@H]3C(=O)N[C@H](C(=O)N[C@H](C(=O)O)c4cc(O)cc(O)c4-c4cc3ccc4O)[C@H](O[C@H]3C[C@](C)(N)[C@@H](O)[C@H](C)O3)c3ccc(c(Cl)c3)Oc3cc2cc(c3O[C@@H]2O[C@H](CO)[C@@H](O)[C@H](O)[C@H]2O[C@H]2C[C@](C)(NCc3ccc(Cl)cc3)[C@@H](O)[C@H](C)O2)Oc2ccc(cc2Cl)[C@H]1O. The first-order chi connectivity index (χ1) is 56.2. The molecule has 0 spiro atoms. The number of hydrogen-bond donors (Lipinski definition) is 20. The minimum Gasteiger partial charge on any atom is -0.508 e. The first-order valence-corrected chi connectivity index (χ1v) is 39.1. The van der Waals surface area contributed by atoms with Gasteiger partial charge in [-0.25, -0.2) is 4.79 Å². The van der Waals surface area contributed by atoms with Crippen LogP contribution in [0.25, 0.3) is 11.1 Å². The summed E-state index contributed by atoms with van der Waals surface area (Å²) in [7, 11) is 1.47. The molecule has 8 aliphatic heterocycles. The van der Waals surface area contributed by atoms with E-state index in [0.717, 1.165) is 54.1 Å². The Morgan fingerprint density at radius 1 is 0.655 bits per heavy atom. The fraction of sp³-hybridized carbons (Fsp3) is 0.450. The lowest BCUT2D eigenvalue weighted by atomic mass is 9.84. The van der Waals surface area contributed by atoms with Crippen molar-refractivity contribution in [3.63, 3.8) is 0 Å². The lowest BCUT2D eigenvalue weighted by Gasteiger charge is -2.48. The summed E-state index contributed by atoms with van der Waals surface area (Å²) < 4.78 is 52.6.